The normalized spacial score (nSPS) is 16.4. The van der Waals surface area contributed by atoms with Crippen LogP contribution in [0.4, 0.5) is 4.79 Å². The van der Waals surface area contributed by atoms with Crippen molar-refractivity contribution in [1.29, 1.82) is 0 Å². The van der Waals surface area contributed by atoms with Gasteiger partial charge in [-0.25, -0.2) is 4.79 Å². The maximum absolute atomic E-state index is 11.5. The largest absolute Gasteiger partial charge is 0.521 e. The van der Waals surface area contributed by atoms with Crippen molar-refractivity contribution < 1.29 is 18.1 Å². The van der Waals surface area contributed by atoms with Crippen LogP contribution < -0.4 is 5.32 Å². The van der Waals surface area contributed by atoms with E-state index < -0.39 is 8.80 Å². The van der Waals surface area contributed by atoms with E-state index in [4.69, 9.17) is 13.3 Å². The summed E-state index contributed by atoms with van der Waals surface area (Å²) in [6.45, 7) is 8.66. The monoisotopic (exact) mass is 262 g/mol. The van der Waals surface area contributed by atoms with Crippen molar-refractivity contribution in [3.63, 3.8) is 0 Å². The molecule has 0 bridgehead atoms. The molecular weight excluding hydrogens is 240 g/mol. The second-order valence-corrected chi connectivity index (χ2v) is 6.18. The third kappa shape index (κ3) is 3.95. The van der Waals surface area contributed by atoms with Crippen LogP contribution in [0.15, 0.2) is 0 Å². The Morgan fingerprint density at radius 2 is 1.71 bits per heavy atom. The Morgan fingerprint density at radius 3 is 2.06 bits per heavy atom. The van der Waals surface area contributed by atoms with Gasteiger partial charge in [0, 0.05) is 32.9 Å². The summed E-state index contributed by atoms with van der Waals surface area (Å²) in [5.41, 5.74) is 0. The SMILES string of the molecule is CCO[Si](CN1CCNC1=O)(OCC)OCC. The number of amides is 2. The molecule has 0 aliphatic carbocycles. The molecule has 0 aromatic carbocycles. The number of nitrogens with one attached hydrogen (secondary N) is 1. The van der Waals surface area contributed by atoms with E-state index in [0.29, 0.717) is 39.1 Å². The molecule has 0 unspecified atom stereocenters. The molecule has 1 heterocycles. The Bertz CT molecular complexity index is 235. The number of hydrogen-bond donors (Lipinski definition) is 1. The first-order valence-electron chi connectivity index (χ1n) is 6.12. The first kappa shape index (κ1) is 14.4. The molecule has 6 nitrogen and oxygen atoms in total. The van der Waals surface area contributed by atoms with Gasteiger partial charge < -0.3 is 23.5 Å². The van der Waals surface area contributed by atoms with Crippen molar-refractivity contribution in [2.75, 3.05) is 39.1 Å². The molecule has 0 radical (unpaired) electrons. The summed E-state index contributed by atoms with van der Waals surface area (Å²) in [5.74, 6) is 0. The zero-order valence-corrected chi connectivity index (χ0v) is 11.8. The second kappa shape index (κ2) is 6.95. The Kier molecular flexibility index (Phi) is 5.90. The number of urea groups is 1. The molecule has 0 aromatic heterocycles. The summed E-state index contributed by atoms with van der Waals surface area (Å²) < 4.78 is 17.1. The van der Waals surface area contributed by atoms with Crippen LogP contribution in [0.1, 0.15) is 20.8 Å². The first-order chi connectivity index (χ1) is 8.17. The van der Waals surface area contributed by atoms with Gasteiger partial charge in [-0.15, -0.1) is 0 Å². The Labute approximate surface area is 104 Å². The van der Waals surface area contributed by atoms with Gasteiger partial charge in [0.1, 0.15) is 0 Å². The zero-order valence-electron chi connectivity index (χ0n) is 10.8. The smallest absolute Gasteiger partial charge is 0.373 e. The van der Waals surface area contributed by atoms with E-state index in [1.165, 1.54) is 0 Å². The summed E-state index contributed by atoms with van der Waals surface area (Å²) in [6.07, 6.45) is 0.425. The second-order valence-electron chi connectivity index (χ2n) is 3.64. The minimum atomic E-state index is -2.74. The topological polar surface area (TPSA) is 60.0 Å². The van der Waals surface area contributed by atoms with Gasteiger partial charge >= 0.3 is 14.8 Å². The first-order valence-corrected chi connectivity index (χ1v) is 8.05. The van der Waals surface area contributed by atoms with Gasteiger partial charge in [-0.3, -0.25) is 0 Å². The number of nitrogens with zero attached hydrogens (tertiary/aromatic N) is 1. The lowest BCUT2D eigenvalue weighted by atomic mass is 10.7. The maximum atomic E-state index is 11.5. The predicted octanol–water partition coefficient (Wildman–Crippen LogP) is 0.599. The highest BCUT2D eigenvalue weighted by atomic mass is 28.4. The summed E-state index contributed by atoms with van der Waals surface area (Å²) in [6, 6.07) is -0.0685. The minimum absolute atomic E-state index is 0.0685. The predicted molar refractivity (Wildman–Crippen MR) is 65.6 cm³/mol. The van der Waals surface area contributed by atoms with Crippen molar-refractivity contribution in [2.24, 2.45) is 0 Å². The molecule has 1 fully saturated rings. The van der Waals surface area contributed by atoms with Gasteiger partial charge in [0.2, 0.25) is 0 Å². The molecule has 1 aliphatic heterocycles. The van der Waals surface area contributed by atoms with Crippen molar-refractivity contribution >= 4 is 14.8 Å². The maximum Gasteiger partial charge on any atom is 0.521 e. The van der Waals surface area contributed by atoms with Crippen LogP contribution in [0.5, 0.6) is 0 Å². The molecule has 0 saturated carbocycles. The number of carbonyl (C=O) groups excluding carboxylic acids is 1. The molecule has 0 atom stereocenters. The average Bonchev–Trinajstić information content (AvgIpc) is 2.65. The fraction of sp³-hybridized carbons (Fsp3) is 0.900. The third-order valence-corrected chi connectivity index (χ3v) is 5.38. The highest BCUT2D eigenvalue weighted by molar-refractivity contribution is 6.61. The number of carbonyl (C=O) groups is 1. The van der Waals surface area contributed by atoms with Crippen molar-refractivity contribution in [3.05, 3.63) is 0 Å². The zero-order chi connectivity index (χ0) is 12.7. The van der Waals surface area contributed by atoms with Crippen LogP contribution in [0.2, 0.25) is 0 Å². The van der Waals surface area contributed by atoms with Gasteiger partial charge in [0.05, 0.1) is 6.17 Å². The van der Waals surface area contributed by atoms with Gasteiger partial charge in [0.25, 0.3) is 0 Å². The fourth-order valence-electron chi connectivity index (χ4n) is 1.82. The van der Waals surface area contributed by atoms with Crippen LogP contribution >= 0.6 is 0 Å². The number of rotatable bonds is 8. The molecule has 17 heavy (non-hydrogen) atoms. The molecular formula is C10H22N2O4Si. The molecule has 1 N–H and O–H groups in total. The van der Waals surface area contributed by atoms with Gasteiger partial charge in [0.15, 0.2) is 0 Å². The van der Waals surface area contributed by atoms with E-state index in [9.17, 15) is 4.79 Å². The van der Waals surface area contributed by atoms with E-state index >= 15 is 0 Å². The fourth-order valence-corrected chi connectivity index (χ4v) is 4.43. The molecule has 7 heteroatoms. The summed E-state index contributed by atoms with van der Waals surface area (Å²) >= 11 is 0. The van der Waals surface area contributed by atoms with Crippen LogP contribution in [-0.2, 0) is 13.3 Å². The molecule has 0 aromatic rings. The van der Waals surface area contributed by atoms with Gasteiger partial charge in [-0.2, -0.15) is 0 Å². The highest BCUT2D eigenvalue weighted by Gasteiger charge is 2.44. The molecule has 1 rings (SSSR count). The van der Waals surface area contributed by atoms with E-state index in [1.54, 1.807) is 4.90 Å². The Hall–Kier alpha value is -0.633. The lowest BCUT2D eigenvalue weighted by molar-refractivity contribution is 0.0619. The highest BCUT2D eigenvalue weighted by Crippen LogP contribution is 2.13. The summed E-state index contributed by atoms with van der Waals surface area (Å²) in [5, 5.41) is 2.76. The molecule has 1 saturated heterocycles. The Balaban J connectivity index is 2.68. The van der Waals surface area contributed by atoms with Crippen LogP contribution in [0, 0.1) is 0 Å². The number of hydrogen-bond acceptors (Lipinski definition) is 4. The Morgan fingerprint density at radius 1 is 1.18 bits per heavy atom. The lowest BCUT2D eigenvalue weighted by Crippen LogP contribution is -2.56. The van der Waals surface area contributed by atoms with E-state index in [0.717, 1.165) is 0 Å². The van der Waals surface area contributed by atoms with Crippen molar-refractivity contribution in [2.45, 2.75) is 20.8 Å². The van der Waals surface area contributed by atoms with Gasteiger partial charge in [-0.05, 0) is 20.8 Å². The van der Waals surface area contributed by atoms with E-state index in [1.807, 2.05) is 20.8 Å². The van der Waals surface area contributed by atoms with Gasteiger partial charge in [-0.1, -0.05) is 0 Å². The summed E-state index contributed by atoms with van der Waals surface area (Å²) in [4.78, 5) is 13.2. The van der Waals surface area contributed by atoms with E-state index in [-0.39, 0.29) is 6.03 Å². The van der Waals surface area contributed by atoms with E-state index in [2.05, 4.69) is 5.32 Å². The van der Waals surface area contributed by atoms with Crippen LogP contribution in [0.3, 0.4) is 0 Å². The average molecular weight is 262 g/mol. The molecule has 100 valence electrons. The third-order valence-electron chi connectivity index (χ3n) is 2.42. The standard InChI is InChI=1S/C10H22N2O4Si/c1-4-14-17(15-5-2,16-6-3)9-12-8-7-11-10(12)13/h4-9H2,1-3H3,(H,11,13). The van der Waals surface area contributed by atoms with Crippen LogP contribution in [0.25, 0.3) is 0 Å². The van der Waals surface area contributed by atoms with Crippen molar-refractivity contribution in [1.82, 2.24) is 10.2 Å². The van der Waals surface area contributed by atoms with Crippen LogP contribution in [-0.4, -0.2) is 58.8 Å². The molecule has 1 aliphatic rings. The molecule has 0 spiro atoms. The van der Waals surface area contributed by atoms with Crippen molar-refractivity contribution in [3.8, 4) is 0 Å². The quantitative estimate of drug-likeness (QED) is 0.651. The summed E-state index contributed by atoms with van der Waals surface area (Å²) in [7, 11) is -2.74. The molecule has 2 amide bonds. The minimum Gasteiger partial charge on any atom is -0.373 e. The lowest BCUT2D eigenvalue weighted by Gasteiger charge is -2.31.